The summed E-state index contributed by atoms with van der Waals surface area (Å²) in [4.78, 5) is 33.2. The molecule has 0 aromatic carbocycles. The van der Waals surface area contributed by atoms with Crippen LogP contribution in [0, 0.1) is 5.92 Å². The first-order valence-electron chi connectivity index (χ1n) is 10.4. The minimum absolute atomic E-state index is 0.0869. The van der Waals surface area contributed by atoms with E-state index in [1.54, 1.807) is 24.3 Å². The lowest BCUT2D eigenvalue weighted by Gasteiger charge is -2.09. The van der Waals surface area contributed by atoms with Crippen molar-refractivity contribution in [2.24, 2.45) is 5.92 Å². The molecule has 0 bridgehead atoms. The fourth-order valence-corrected chi connectivity index (χ4v) is 3.20. The van der Waals surface area contributed by atoms with Crippen LogP contribution >= 0.6 is 0 Å². The molecule has 0 saturated heterocycles. The number of rotatable bonds is 9. The predicted octanol–water partition coefficient (Wildman–Crippen LogP) is 3.86. The zero-order valence-electron chi connectivity index (χ0n) is 17.5. The molecular weight excluding hydrogens is 406 g/mol. The van der Waals surface area contributed by atoms with E-state index in [9.17, 15) is 9.59 Å². The number of esters is 2. The van der Waals surface area contributed by atoms with Gasteiger partial charge in [-0.2, -0.15) is 0 Å². The summed E-state index contributed by atoms with van der Waals surface area (Å²) in [6.45, 7) is 0.759. The molecule has 162 valence electrons. The fourth-order valence-electron chi connectivity index (χ4n) is 3.20. The van der Waals surface area contributed by atoms with E-state index < -0.39 is 0 Å². The molecule has 0 atom stereocenters. The molecule has 0 N–H and O–H groups in total. The van der Waals surface area contributed by atoms with Crippen molar-refractivity contribution >= 4 is 11.9 Å². The largest absolute Gasteiger partial charge is 0.459 e. The van der Waals surface area contributed by atoms with E-state index in [1.165, 1.54) is 0 Å². The number of allylic oxidation sites excluding steroid dienone is 2. The van der Waals surface area contributed by atoms with Crippen molar-refractivity contribution in [3.8, 4) is 11.4 Å². The molecule has 1 aliphatic carbocycles. The highest BCUT2D eigenvalue weighted by Gasteiger charge is 2.16. The Morgan fingerprint density at radius 1 is 0.812 bits per heavy atom. The van der Waals surface area contributed by atoms with Crippen molar-refractivity contribution in [1.82, 2.24) is 14.5 Å². The molecule has 3 aromatic rings. The Kier molecular flexibility index (Phi) is 6.87. The Hall–Kier alpha value is -4.00. The molecule has 7 nitrogen and oxygen atoms in total. The van der Waals surface area contributed by atoms with Crippen LogP contribution in [0.3, 0.4) is 0 Å². The quantitative estimate of drug-likeness (QED) is 0.480. The standard InChI is InChI=1S/C25H23N3O4/c29-24(13-16-28-14-3-4-15-28)31-17-20-9-5-11-22(26-20)23-12-6-10-21(27-23)18-32-25(30)19-7-1-2-8-19/h1-12,14-15,19H,13,16-18H2. The topological polar surface area (TPSA) is 83.3 Å². The zero-order chi connectivity index (χ0) is 22.2. The second-order valence-electron chi connectivity index (χ2n) is 7.26. The Morgan fingerprint density at radius 3 is 2.03 bits per heavy atom. The van der Waals surface area contributed by atoms with Gasteiger partial charge in [-0.15, -0.1) is 0 Å². The summed E-state index contributed by atoms with van der Waals surface area (Å²) in [6, 6.07) is 14.8. The first-order valence-corrected chi connectivity index (χ1v) is 10.4. The monoisotopic (exact) mass is 429 g/mol. The lowest BCUT2D eigenvalue weighted by molar-refractivity contribution is -0.147. The van der Waals surface area contributed by atoms with Gasteiger partial charge in [-0.05, 0) is 36.4 Å². The zero-order valence-corrected chi connectivity index (χ0v) is 17.5. The van der Waals surface area contributed by atoms with Crippen molar-refractivity contribution in [2.75, 3.05) is 0 Å². The van der Waals surface area contributed by atoms with Gasteiger partial charge in [-0.25, -0.2) is 9.97 Å². The minimum Gasteiger partial charge on any atom is -0.459 e. The van der Waals surface area contributed by atoms with E-state index in [4.69, 9.17) is 9.47 Å². The molecule has 0 radical (unpaired) electrons. The molecular formula is C25H23N3O4. The summed E-state index contributed by atoms with van der Waals surface area (Å²) in [5.41, 5.74) is 2.57. The number of aryl methyl sites for hydroxylation is 1. The summed E-state index contributed by atoms with van der Waals surface area (Å²) < 4.78 is 12.6. The summed E-state index contributed by atoms with van der Waals surface area (Å²) in [5.74, 6) is -0.914. The fraction of sp³-hybridized carbons (Fsp3) is 0.200. The van der Waals surface area contributed by atoms with E-state index in [-0.39, 0.29) is 31.1 Å². The molecule has 0 saturated carbocycles. The van der Waals surface area contributed by atoms with E-state index >= 15 is 0 Å². The van der Waals surface area contributed by atoms with Crippen LogP contribution in [-0.4, -0.2) is 26.5 Å². The normalized spacial score (nSPS) is 12.8. The number of hydrogen-bond acceptors (Lipinski definition) is 6. The van der Waals surface area contributed by atoms with Gasteiger partial charge in [0.2, 0.25) is 0 Å². The molecule has 3 heterocycles. The lowest BCUT2D eigenvalue weighted by atomic mass is 10.2. The number of nitrogens with zero attached hydrogens (tertiary/aromatic N) is 3. The van der Waals surface area contributed by atoms with Crippen LogP contribution in [0.4, 0.5) is 0 Å². The highest BCUT2D eigenvalue weighted by molar-refractivity contribution is 5.77. The second kappa shape index (κ2) is 10.3. The van der Waals surface area contributed by atoms with Gasteiger partial charge in [-0.3, -0.25) is 9.59 Å². The van der Waals surface area contributed by atoms with Gasteiger partial charge >= 0.3 is 11.9 Å². The molecule has 1 aliphatic rings. The number of carbonyl (C=O) groups is 2. The maximum Gasteiger partial charge on any atom is 0.317 e. The van der Waals surface area contributed by atoms with E-state index in [0.717, 1.165) is 0 Å². The summed E-state index contributed by atoms with van der Waals surface area (Å²) in [6.07, 6.45) is 11.3. The smallest absolute Gasteiger partial charge is 0.317 e. The average Bonchev–Trinajstić information content (AvgIpc) is 3.55. The van der Waals surface area contributed by atoms with E-state index in [0.29, 0.717) is 35.7 Å². The molecule has 0 aliphatic heterocycles. The Bertz CT molecular complexity index is 1120. The molecule has 0 unspecified atom stereocenters. The number of aromatic nitrogens is 3. The highest BCUT2D eigenvalue weighted by Crippen LogP contribution is 2.17. The SMILES string of the molecule is O=C(CCn1cccc1)OCc1cccc(-c2cccc(COC(=O)C3C=CC=C3)n2)n1. The van der Waals surface area contributed by atoms with Crippen LogP contribution in [0.2, 0.25) is 0 Å². The third kappa shape index (κ3) is 5.78. The number of hydrogen-bond donors (Lipinski definition) is 0. The maximum absolute atomic E-state index is 12.1. The van der Waals surface area contributed by atoms with Gasteiger partial charge in [0.1, 0.15) is 13.2 Å². The van der Waals surface area contributed by atoms with Gasteiger partial charge < -0.3 is 14.0 Å². The molecule has 0 fully saturated rings. The third-order valence-electron chi connectivity index (χ3n) is 4.88. The summed E-state index contributed by atoms with van der Waals surface area (Å²) >= 11 is 0. The lowest BCUT2D eigenvalue weighted by Crippen LogP contribution is -2.13. The van der Waals surface area contributed by atoms with Crippen molar-refractivity contribution in [3.05, 3.63) is 96.6 Å². The third-order valence-corrected chi connectivity index (χ3v) is 4.88. The van der Waals surface area contributed by atoms with E-state index in [2.05, 4.69) is 9.97 Å². The van der Waals surface area contributed by atoms with Crippen LogP contribution in [0.15, 0.2) is 85.2 Å². The van der Waals surface area contributed by atoms with Crippen molar-refractivity contribution in [3.63, 3.8) is 0 Å². The number of pyridine rings is 2. The Morgan fingerprint density at radius 2 is 1.41 bits per heavy atom. The van der Waals surface area contributed by atoms with Crippen molar-refractivity contribution in [2.45, 2.75) is 26.2 Å². The van der Waals surface area contributed by atoms with Gasteiger partial charge in [0.05, 0.1) is 35.1 Å². The van der Waals surface area contributed by atoms with Crippen molar-refractivity contribution in [1.29, 1.82) is 0 Å². The van der Waals surface area contributed by atoms with E-state index in [1.807, 2.05) is 65.5 Å². The molecule has 4 rings (SSSR count). The molecule has 3 aromatic heterocycles. The first kappa shape index (κ1) is 21.2. The van der Waals surface area contributed by atoms with Gasteiger partial charge in [0, 0.05) is 18.9 Å². The van der Waals surface area contributed by atoms with Crippen LogP contribution in [-0.2, 0) is 38.8 Å². The van der Waals surface area contributed by atoms with Crippen LogP contribution < -0.4 is 0 Å². The van der Waals surface area contributed by atoms with Crippen molar-refractivity contribution < 1.29 is 19.1 Å². The van der Waals surface area contributed by atoms with Crippen LogP contribution in [0.5, 0.6) is 0 Å². The van der Waals surface area contributed by atoms with Gasteiger partial charge in [-0.1, -0.05) is 36.4 Å². The Balaban J connectivity index is 1.32. The Labute approximate surface area is 186 Å². The molecule has 32 heavy (non-hydrogen) atoms. The molecule has 0 amide bonds. The van der Waals surface area contributed by atoms with Crippen LogP contribution in [0.1, 0.15) is 17.8 Å². The minimum atomic E-state index is -0.331. The predicted molar refractivity (Wildman–Crippen MR) is 118 cm³/mol. The second-order valence-corrected chi connectivity index (χ2v) is 7.26. The first-order chi connectivity index (χ1) is 15.7. The van der Waals surface area contributed by atoms with Gasteiger partial charge in [0.15, 0.2) is 0 Å². The number of ether oxygens (including phenoxy) is 2. The number of carbonyl (C=O) groups excluding carboxylic acids is 2. The highest BCUT2D eigenvalue weighted by atomic mass is 16.5. The summed E-state index contributed by atoms with van der Waals surface area (Å²) in [7, 11) is 0. The average molecular weight is 429 g/mol. The molecule has 7 heteroatoms. The maximum atomic E-state index is 12.1. The van der Waals surface area contributed by atoms with Crippen LogP contribution in [0.25, 0.3) is 11.4 Å². The summed E-state index contributed by atoms with van der Waals surface area (Å²) in [5, 5.41) is 0. The van der Waals surface area contributed by atoms with Gasteiger partial charge in [0.25, 0.3) is 0 Å². The molecule has 0 spiro atoms.